The summed E-state index contributed by atoms with van der Waals surface area (Å²) in [5.74, 6) is 1.87. The average Bonchev–Trinajstić information content (AvgIpc) is 3.05. The first-order valence-electron chi connectivity index (χ1n) is 9.29. The molecule has 1 aromatic heterocycles. The monoisotopic (exact) mass is 344 g/mol. The first-order valence-corrected chi connectivity index (χ1v) is 9.29. The summed E-state index contributed by atoms with van der Waals surface area (Å²) >= 11 is 0. The molecular weight excluding hydrogens is 316 g/mol. The zero-order chi connectivity index (χ0) is 17.8. The summed E-state index contributed by atoms with van der Waals surface area (Å²) in [5.41, 5.74) is 0.654. The number of piperidine rings is 1. The fourth-order valence-corrected chi connectivity index (χ4v) is 3.46. The summed E-state index contributed by atoms with van der Waals surface area (Å²) in [5, 5.41) is 0. The molecule has 6 nitrogen and oxygen atoms in total. The molecule has 2 saturated heterocycles. The van der Waals surface area contributed by atoms with Crippen LogP contribution in [0, 0.1) is 5.92 Å². The molecule has 2 fully saturated rings. The quantitative estimate of drug-likeness (QED) is 0.820. The summed E-state index contributed by atoms with van der Waals surface area (Å²) in [6, 6.07) is 3.76. The van der Waals surface area contributed by atoms with E-state index in [2.05, 4.69) is 11.9 Å². The summed E-state index contributed by atoms with van der Waals surface area (Å²) in [6.07, 6.45) is 5.47. The van der Waals surface area contributed by atoms with E-state index in [1.807, 2.05) is 33.9 Å². The number of nitrogens with zero attached hydrogens (tertiary/aromatic N) is 4. The smallest absolute Gasteiger partial charge is 0.255 e. The molecule has 0 aromatic carbocycles. The van der Waals surface area contributed by atoms with Gasteiger partial charge in [0.25, 0.3) is 5.91 Å². The van der Waals surface area contributed by atoms with Crippen LogP contribution in [0.4, 0.5) is 5.82 Å². The van der Waals surface area contributed by atoms with Gasteiger partial charge in [-0.15, -0.1) is 0 Å². The van der Waals surface area contributed by atoms with Crippen molar-refractivity contribution in [3.63, 3.8) is 0 Å². The third-order valence-corrected chi connectivity index (χ3v) is 5.33. The number of carbonyl (C=O) groups is 2. The molecule has 1 aromatic rings. The molecule has 2 aliphatic rings. The fourth-order valence-electron chi connectivity index (χ4n) is 3.46. The van der Waals surface area contributed by atoms with E-state index < -0.39 is 0 Å². The highest BCUT2D eigenvalue weighted by molar-refractivity contribution is 5.94. The average molecular weight is 344 g/mol. The maximum absolute atomic E-state index is 12.6. The molecule has 2 aliphatic heterocycles. The van der Waals surface area contributed by atoms with Crippen LogP contribution < -0.4 is 4.90 Å². The Hall–Kier alpha value is -2.11. The first kappa shape index (κ1) is 17.7. The molecule has 0 radical (unpaired) electrons. The van der Waals surface area contributed by atoms with E-state index in [9.17, 15) is 9.59 Å². The van der Waals surface area contributed by atoms with E-state index in [-0.39, 0.29) is 11.8 Å². The van der Waals surface area contributed by atoms with E-state index >= 15 is 0 Å². The molecule has 0 unspecified atom stereocenters. The lowest BCUT2D eigenvalue weighted by atomic mass is 9.99. The predicted octanol–water partition coefficient (Wildman–Crippen LogP) is 2.01. The highest BCUT2D eigenvalue weighted by atomic mass is 16.2. The second kappa shape index (κ2) is 7.85. The number of hydrogen-bond donors (Lipinski definition) is 0. The normalized spacial score (nSPS) is 18.7. The molecule has 136 valence electrons. The second-order valence-corrected chi connectivity index (χ2v) is 7.29. The zero-order valence-electron chi connectivity index (χ0n) is 15.3. The standard InChI is InChI=1S/C19H28N4O2/c1-15-7-10-23(11-8-15)19(25)16-5-6-17(20-14-16)21(2)12-13-22-9-3-4-18(22)24/h5-6,14-15H,3-4,7-13H2,1-2H3. The van der Waals surface area contributed by atoms with Crippen molar-refractivity contribution in [3.05, 3.63) is 23.9 Å². The van der Waals surface area contributed by atoms with Gasteiger partial charge in [0.1, 0.15) is 5.82 Å². The maximum Gasteiger partial charge on any atom is 0.255 e. The fraction of sp³-hybridized carbons (Fsp3) is 0.632. The van der Waals surface area contributed by atoms with E-state index in [4.69, 9.17) is 0 Å². The number of rotatable bonds is 5. The van der Waals surface area contributed by atoms with Crippen molar-refractivity contribution >= 4 is 17.6 Å². The van der Waals surface area contributed by atoms with Crippen molar-refractivity contribution in [1.29, 1.82) is 0 Å². The van der Waals surface area contributed by atoms with Crippen LogP contribution in [-0.2, 0) is 4.79 Å². The van der Waals surface area contributed by atoms with Crippen molar-refractivity contribution < 1.29 is 9.59 Å². The van der Waals surface area contributed by atoms with Gasteiger partial charge in [0, 0.05) is 52.4 Å². The van der Waals surface area contributed by atoms with Gasteiger partial charge in [-0.2, -0.15) is 0 Å². The lowest BCUT2D eigenvalue weighted by Gasteiger charge is -2.30. The largest absolute Gasteiger partial charge is 0.358 e. The Morgan fingerprint density at radius 2 is 2.04 bits per heavy atom. The molecule has 6 heteroatoms. The Bertz CT molecular complexity index is 608. The van der Waals surface area contributed by atoms with E-state index in [0.29, 0.717) is 17.9 Å². The second-order valence-electron chi connectivity index (χ2n) is 7.29. The highest BCUT2D eigenvalue weighted by Gasteiger charge is 2.22. The number of likely N-dealkylation sites (tertiary alicyclic amines) is 2. The van der Waals surface area contributed by atoms with Gasteiger partial charge in [0.15, 0.2) is 0 Å². The van der Waals surface area contributed by atoms with E-state index in [1.54, 1.807) is 6.20 Å². The van der Waals surface area contributed by atoms with Crippen molar-refractivity contribution in [2.75, 3.05) is 44.7 Å². The van der Waals surface area contributed by atoms with Gasteiger partial charge >= 0.3 is 0 Å². The molecule has 25 heavy (non-hydrogen) atoms. The molecule has 2 amide bonds. The zero-order valence-corrected chi connectivity index (χ0v) is 15.3. The Morgan fingerprint density at radius 1 is 1.28 bits per heavy atom. The molecule has 0 spiro atoms. The Labute approximate surface area is 149 Å². The summed E-state index contributed by atoms with van der Waals surface area (Å²) < 4.78 is 0. The number of likely N-dealkylation sites (N-methyl/N-ethyl adjacent to an activating group) is 1. The highest BCUT2D eigenvalue weighted by Crippen LogP contribution is 2.19. The van der Waals surface area contributed by atoms with Gasteiger partial charge in [-0.1, -0.05) is 6.92 Å². The molecular formula is C19H28N4O2. The topological polar surface area (TPSA) is 56.8 Å². The molecule has 0 bridgehead atoms. The molecule has 0 N–H and O–H groups in total. The van der Waals surface area contributed by atoms with Crippen LogP contribution in [0.3, 0.4) is 0 Å². The number of carbonyl (C=O) groups excluding carboxylic acids is 2. The van der Waals surface area contributed by atoms with Crippen molar-refractivity contribution in [2.45, 2.75) is 32.6 Å². The number of amides is 2. The molecule has 3 rings (SSSR count). The number of hydrogen-bond acceptors (Lipinski definition) is 4. The lowest BCUT2D eigenvalue weighted by Crippen LogP contribution is -2.38. The van der Waals surface area contributed by atoms with Crippen LogP contribution in [-0.4, -0.2) is 66.4 Å². The molecule has 0 aliphatic carbocycles. The van der Waals surface area contributed by atoms with Gasteiger partial charge in [-0.3, -0.25) is 9.59 Å². The molecule has 0 saturated carbocycles. The van der Waals surface area contributed by atoms with Crippen LogP contribution >= 0.6 is 0 Å². The third kappa shape index (κ3) is 4.30. The first-order chi connectivity index (χ1) is 12.0. The SMILES string of the molecule is CC1CCN(C(=O)c2ccc(N(C)CCN3CCCC3=O)nc2)CC1. The van der Waals surface area contributed by atoms with E-state index in [1.165, 1.54) is 0 Å². The minimum absolute atomic E-state index is 0.0799. The van der Waals surface area contributed by atoms with Crippen LogP contribution in [0.5, 0.6) is 0 Å². The molecule has 3 heterocycles. The van der Waals surface area contributed by atoms with Crippen LogP contribution in [0.1, 0.15) is 43.0 Å². The van der Waals surface area contributed by atoms with Gasteiger partial charge in [0.05, 0.1) is 5.56 Å². The third-order valence-electron chi connectivity index (χ3n) is 5.33. The van der Waals surface area contributed by atoms with E-state index in [0.717, 1.165) is 57.8 Å². The summed E-state index contributed by atoms with van der Waals surface area (Å²) in [4.78, 5) is 34.5. The van der Waals surface area contributed by atoms with Gasteiger partial charge in [0.2, 0.25) is 5.91 Å². The van der Waals surface area contributed by atoms with Crippen molar-refractivity contribution in [2.24, 2.45) is 5.92 Å². The van der Waals surface area contributed by atoms with Crippen LogP contribution in [0.2, 0.25) is 0 Å². The van der Waals surface area contributed by atoms with Gasteiger partial charge in [-0.05, 0) is 37.3 Å². The van der Waals surface area contributed by atoms with Gasteiger partial charge < -0.3 is 14.7 Å². The lowest BCUT2D eigenvalue weighted by molar-refractivity contribution is -0.127. The summed E-state index contributed by atoms with van der Waals surface area (Å²) in [6.45, 7) is 6.25. The predicted molar refractivity (Wildman–Crippen MR) is 97.6 cm³/mol. The van der Waals surface area contributed by atoms with Crippen LogP contribution in [0.15, 0.2) is 18.3 Å². The summed E-state index contributed by atoms with van der Waals surface area (Å²) in [7, 11) is 1.97. The Balaban J connectivity index is 1.54. The minimum atomic E-state index is 0.0799. The van der Waals surface area contributed by atoms with Crippen molar-refractivity contribution in [3.8, 4) is 0 Å². The van der Waals surface area contributed by atoms with Crippen LogP contribution in [0.25, 0.3) is 0 Å². The van der Waals surface area contributed by atoms with Crippen molar-refractivity contribution in [1.82, 2.24) is 14.8 Å². The Morgan fingerprint density at radius 3 is 2.64 bits per heavy atom. The minimum Gasteiger partial charge on any atom is -0.358 e. The Kier molecular flexibility index (Phi) is 5.56. The maximum atomic E-state index is 12.6. The molecule has 0 atom stereocenters. The number of anilines is 1. The number of aromatic nitrogens is 1. The number of pyridine rings is 1. The van der Waals surface area contributed by atoms with Gasteiger partial charge in [-0.25, -0.2) is 4.98 Å².